The summed E-state index contributed by atoms with van der Waals surface area (Å²) >= 11 is 0. The Morgan fingerprint density at radius 1 is 0.614 bits per heavy atom. The molecule has 4 N–H and O–H groups in total. The van der Waals surface area contributed by atoms with Crippen molar-refractivity contribution >= 4 is 25.7 Å². The highest BCUT2D eigenvalue weighted by molar-refractivity contribution is 7.47. The first-order valence-electron chi connectivity index (χ1n) is 17.1. The number of carbonyl (C=O) groups is 3. The van der Waals surface area contributed by atoms with E-state index in [4.69, 9.17) is 24.8 Å². The predicted molar refractivity (Wildman–Crippen MR) is 171 cm³/mol. The average Bonchev–Trinajstić information content (AvgIpc) is 2.99. The highest BCUT2D eigenvalue weighted by Gasteiger charge is 2.28. The molecule has 3 atom stereocenters. The van der Waals surface area contributed by atoms with Gasteiger partial charge in [-0.3, -0.25) is 23.4 Å². The molecule has 0 radical (unpaired) electrons. The van der Waals surface area contributed by atoms with Crippen molar-refractivity contribution in [3.05, 3.63) is 0 Å². The Morgan fingerprint density at radius 2 is 1.00 bits per heavy atom. The Bertz CT molecular complexity index is 782. The van der Waals surface area contributed by atoms with Gasteiger partial charge >= 0.3 is 25.7 Å². The second kappa shape index (κ2) is 28.9. The van der Waals surface area contributed by atoms with Crippen LogP contribution in [0.5, 0.6) is 0 Å². The number of hydrogen-bond acceptors (Lipinski definition) is 9. The van der Waals surface area contributed by atoms with E-state index in [1.807, 2.05) is 0 Å². The molecule has 0 saturated heterocycles. The average molecular weight is 652 g/mol. The SMILES string of the molecule is CCCCCCCCCCCCCC(=O)OC[C@H](COP(=O)(O)OC[C@H](N)C(=O)O)OC(=O)CCCCCCCCCCC. The molecule has 0 saturated carbocycles. The smallest absolute Gasteiger partial charge is 0.472 e. The predicted octanol–water partition coefficient (Wildman–Crippen LogP) is 7.61. The molecule has 0 aromatic rings. The lowest BCUT2D eigenvalue weighted by Crippen LogP contribution is -2.34. The number of hydrogen-bond donors (Lipinski definition) is 3. The van der Waals surface area contributed by atoms with Gasteiger partial charge in [0.15, 0.2) is 6.10 Å². The fourth-order valence-corrected chi connectivity index (χ4v) is 5.37. The number of esters is 2. The van der Waals surface area contributed by atoms with Gasteiger partial charge in [-0.05, 0) is 12.8 Å². The van der Waals surface area contributed by atoms with Crippen molar-refractivity contribution in [1.29, 1.82) is 0 Å². The third-order valence-corrected chi connectivity index (χ3v) is 8.31. The number of carboxylic acid groups (broad SMARTS) is 1. The van der Waals surface area contributed by atoms with Gasteiger partial charge in [-0.2, -0.15) is 0 Å². The third-order valence-electron chi connectivity index (χ3n) is 7.36. The van der Waals surface area contributed by atoms with Gasteiger partial charge in [0.25, 0.3) is 0 Å². The molecule has 12 heteroatoms. The summed E-state index contributed by atoms with van der Waals surface area (Å²) < 4.78 is 32.4. The van der Waals surface area contributed by atoms with Crippen molar-refractivity contribution in [2.45, 2.75) is 167 Å². The quantitative estimate of drug-likeness (QED) is 0.0371. The molecule has 0 rings (SSSR count). The molecule has 0 aliphatic carbocycles. The largest absolute Gasteiger partial charge is 0.480 e. The van der Waals surface area contributed by atoms with Crippen molar-refractivity contribution in [2.75, 3.05) is 19.8 Å². The molecule has 260 valence electrons. The van der Waals surface area contributed by atoms with E-state index in [1.165, 1.54) is 77.0 Å². The van der Waals surface area contributed by atoms with Crippen LogP contribution in [0.15, 0.2) is 0 Å². The standard InChI is InChI=1S/C32H62NO10P/c1-3-5-7-9-11-13-14-16-17-19-21-23-30(34)40-25-28(26-41-44(38,39)42-27-29(33)32(36)37)43-31(35)24-22-20-18-15-12-10-8-6-4-2/h28-29H,3-27,33H2,1-2H3,(H,36,37)(H,38,39)/t28-,29+/m1/s1. The van der Waals surface area contributed by atoms with Crippen molar-refractivity contribution in [2.24, 2.45) is 5.73 Å². The molecule has 0 spiro atoms. The zero-order chi connectivity index (χ0) is 32.9. The number of phosphoric acid groups is 1. The summed E-state index contributed by atoms with van der Waals surface area (Å²) in [4.78, 5) is 45.4. The highest BCUT2D eigenvalue weighted by Crippen LogP contribution is 2.43. The summed E-state index contributed by atoms with van der Waals surface area (Å²) in [6.07, 6.45) is 21.9. The fourth-order valence-electron chi connectivity index (χ4n) is 4.59. The van der Waals surface area contributed by atoms with Crippen LogP contribution < -0.4 is 5.73 Å². The van der Waals surface area contributed by atoms with Gasteiger partial charge in [-0.15, -0.1) is 0 Å². The van der Waals surface area contributed by atoms with Crippen molar-refractivity contribution in [1.82, 2.24) is 0 Å². The van der Waals surface area contributed by atoms with Crippen LogP contribution in [0.25, 0.3) is 0 Å². The number of ether oxygens (including phenoxy) is 2. The second-order valence-electron chi connectivity index (χ2n) is 11.7. The van der Waals surface area contributed by atoms with E-state index >= 15 is 0 Å². The maximum Gasteiger partial charge on any atom is 0.472 e. The van der Waals surface area contributed by atoms with E-state index in [2.05, 4.69) is 18.4 Å². The minimum absolute atomic E-state index is 0.166. The summed E-state index contributed by atoms with van der Waals surface area (Å²) in [7, 11) is -4.69. The number of nitrogens with two attached hydrogens (primary N) is 1. The van der Waals surface area contributed by atoms with E-state index in [0.717, 1.165) is 38.5 Å². The van der Waals surface area contributed by atoms with Crippen LogP contribution in [0.1, 0.15) is 155 Å². The minimum Gasteiger partial charge on any atom is -0.480 e. The molecule has 1 unspecified atom stereocenters. The topological polar surface area (TPSA) is 172 Å². The number of carbonyl (C=O) groups excluding carboxylic acids is 2. The first kappa shape index (κ1) is 42.5. The van der Waals surface area contributed by atoms with E-state index < -0.39 is 51.1 Å². The molecule has 0 bridgehead atoms. The van der Waals surface area contributed by atoms with E-state index in [-0.39, 0.29) is 19.4 Å². The van der Waals surface area contributed by atoms with Gasteiger partial charge in [-0.25, -0.2) is 4.57 Å². The van der Waals surface area contributed by atoms with Crippen LogP contribution in [0.3, 0.4) is 0 Å². The Labute approximate surface area is 265 Å². The molecule has 0 heterocycles. The number of aliphatic carboxylic acids is 1. The maximum atomic E-state index is 12.4. The second-order valence-corrected chi connectivity index (χ2v) is 13.1. The van der Waals surface area contributed by atoms with Gasteiger partial charge in [0.1, 0.15) is 12.6 Å². The molecule has 44 heavy (non-hydrogen) atoms. The Hall–Kier alpha value is -1.52. The van der Waals surface area contributed by atoms with Crippen LogP contribution in [0, 0.1) is 0 Å². The molecule has 0 aliphatic rings. The van der Waals surface area contributed by atoms with Crippen molar-refractivity contribution in [3.8, 4) is 0 Å². The molecule has 0 aromatic heterocycles. The van der Waals surface area contributed by atoms with E-state index in [0.29, 0.717) is 12.8 Å². The minimum atomic E-state index is -4.69. The first-order chi connectivity index (χ1) is 21.1. The number of phosphoric ester groups is 1. The number of unbranched alkanes of at least 4 members (excludes halogenated alkanes) is 18. The van der Waals surface area contributed by atoms with Crippen LogP contribution in [-0.4, -0.2) is 59.9 Å². The lowest BCUT2D eigenvalue weighted by molar-refractivity contribution is -0.161. The van der Waals surface area contributed by atoms with Gasteiger partial charge < -0.3 is 25.2 Å². The molecule has 0 fully saturated rings. The Balaban J connectivity index is 4.48. The maximum absolute atomic E-state index is 12.4. The summed E-state index contributed by atoms with van der Waals surface area (Å²) in [5.41, 5.74) is 5.29. The highest BCUT2D eigenvalue weighted by atomic mass is 31.2. The van der Waals surface area contributed by atoms with Gasteiger partial charge in [0, 0.05) is 12.8 Å². The zero-order valence-electron chi connectivity index (χ0n) is 27.5. The van der Waals surface area contributed by atoms with E-state index in [1.54, 1.807) is 0 Å². The zero-order valence-corrected chi connectivity index (χ0v) is 28.4. The Kier molecular flexibility index (Phi) is 27.9. The summed E-state index contributed by atoms with van der Waals surface area (Å²) in [5, 5.41) is 8.82. The molecular formula is C32H62NO10P. The van der Waals surface area contributed by atoms with Gasteiger partial charge in [-0.1, -0.05) is 129 Å². The van der Waals surface area contributed by atoms with Gasteiger partial charge in [0.05, 0.1) is 13.2 Å². The summed E-state index contributed by atoms with van der Waals surface area (Å²) in [6, 6.07) is -1.51. The molecule has 0 aliphatic heterocycles. The van der Waals surface area contributed by atoms with Crippen molar-refractivity contribution < 1.29 is 47.5 Å². The van der Waals surface area contributed by atoms with Crippen LogP contribution in [0.2, 0.25) is 0 Å². The van der Waals surface area contributed by atoms with Crippen LogP contribution in [0.4, 0.5) is 0 Å². The molecule has 0 amide bonds. The summed E-state index contributed by atoms with van der Waals surface area (Å²) in [5.74, 6) is -2.38. The molecule has 0 aromatic carbocycles. The normalized spacial score (nSPS) is 14.1. The molecule has 11 nitrogen and oxygen atoms in total. The van der Waals surface area contributed by atoms with Gasteiger partial charge in [0.2, 0.25) is 0 Å². The monoisotopic (exact) mass is 651 g/mol. The van der Waals surface area contributed by atoms with Crippen LogP contribution in [-0.2, 0) is 37.5 Å². The first-order valence-corrected chi connectivity index (χ1v) is 18.6. The lowest BCUT2D eigenvalue weighted by atomic mass is 10.1. The third kappa shape index (κ3) is 28.0. The van der Waals surface area contributed by atoms with E-state index in [9.17, 15) is 23.8 Å². The number of rotatable bonds is 32. The molecular weight excluding hydrogens is 589 g/mol. The van der Waals surface area contributed by atoms with Crippen molar-refractivity contribution in [3.63, 3.8) is 0 Å². The number of carboxylic acids is 1. The lowest BCUT2D eigenvalue weighted by Gasteiger charge is -2.20. The Morgan fingerprint density at radius 3 is 1.43 bits per heavy atom. The van der Waals surface area contributed by atoms with Crippen LogP contribution >= 0.6 is 7.82 Å². The fraction of sp³-hybridized carbons (Fsp3) is 0.906. The summed E-state index contributed by atoms with van der Waals surface area (Å²) in [6.45, 7) is 2.74.